The summed E-state index contributed by atoms with van der Waals surface area (Å²) in [5, 5.41) is 14.6. The average molecular weight is 260 g/mol. The van der Waals surface area contributed by atoms with E-state index >= 15 is 0 Å². The van der Waals surface area contributed by atoms with Crippen molar-refractivity contribution in [2.75, 3.05) is 5.32 Å². The quantitative estimate of drug-likeness (QED) is 0.662. The third-order valence-corrected chi connectivity index (χ3v) is 4.75. The lowest BCUT2D eigenvalue weighted by molar-refractivity contribution is -0.385. The number of hydrogen-bond donors (Lipinski definition) is 1. The van der Waals surface area contributed by atoms with E-state index in [4.69, 9.17) is 0 Å². The lowest BCUT2D eigenvalue weighted by Crippen LogP contribution is -2.25. The normalized spacial score (nSPS) is 28.6. The Hall–Kier alpha value is -1.58. The average Bonchev–Trinajstić information content (AvgIpc) is 3.01. The zero-order chi connectivity index (χ0) is 13.4. The van der Waals surface area contributed by atoms with Gasteiger partial charge < -0.3 is 5.32 Å². The molecule has 4 heteroatoms. The molecule has 0 radical (unpaired) electrons. The number of fused-ring (bicyclic) bond motifs is 2. The third kappa shape index (κ3) is 2.31. The highest BCUT2D eigenvalue weighted by Gasteiger charge is 2.39. The molecule has 1 aromatic carbocycles. The molecule has 3 rings (SSSR count). The van der Waals surface area contributed by atoms with E-state index in [1.807, 2.05) is 19.1 Å². The van der Waals surface area contributed by atoms with Gasteiger partial charge in [0.25, 0.3) is 5.69 Å². The standard InChI is InChI=1S/C15H20N2O2/c1-2-11-5-6-13(9-15(11)17(18)19)16-14-8-10-3-4-12(14)7-10/h5-6,9-10,12,14,16H,2-4,7-8H2,1H3. The van der Waals surface area contributed by atoms with Crippen LogP contribution in [0.3, 0.4) is 0 Å². The summed E-state index contributed by atoms with van der Waals surface area (Å²) >= 11 is 0. The molecule has 3 unspecified atom stereocenters. The summed E-state index contributed by atoms with van der Waals surface area (Å²) in [6.07, 6.45) is 5.96. The van der Waals surface area contributed by atoms with Crippen LogP contribution in [0, 0.1) is 22.0 Å². The molecule has 0 aromatic heterocycles. The second-order valence-corrected chi connectivity index (χ2v) is 5.88. The van der Waals surface area contributed by atoms with Gasteiger partial charge in [0.15, 0.2) is 0 Å². The Morgan fingerprint density at radius 3 is 2.79 bits per heavy atom. The maximum atomic E-state index is 11.1. The number of aryl methyl sites for hydroxylation is 1. The number of nitro groups is 1. The van der Waals surface area contributed by atoms with Gasteiger partial charge in [0.2, 0.25) is 0 Å². The Bertz CT molecular complexity index is 501. The molecule has 2 aliphatic rings. The van der Waals surface area contributed by atoms with E-state index in [0.29, 0.717) is 12.5 Å². The molecule has 0 spiro atoms. The zero-order valence-corrected chi connectivity index (χ0v) is 11.3. The van der Waals surface area contributed by atoms with Gasteiger partial charge in [0, 0.05) is 23.4 Å². The van der Waals surface area contributed by atoms with Gasteiger partial charge in [-0.25, -0.2) is 0 Å². The number of benzene rings is 1. The summed E-state index contributed by atoms with van der Waals surface area (Å²) in [6.45, 7) is 1.95. The topological polar surface area (TPSA) is 55.2 Å². The molecule has 2 saturated carbocycles. The first-order valence-corrected chi connectivity index (χ1v) is 7.21. The van der Waals surface area contributed by atoms with Crippen LogP contribution >= 0.6 is 0 Å². The number of nitrogens with one attached hydrogen (secondary N) is 1. The summed E-state index contributed by atoms with van der Waals surface area (Å²) in [5.41, 5.74) is 1.96. The minimum Gasteiger partial charge on any atom is -0.382 e. The van der Waals surface area contributed by atoms with Crippen molar-refractivity contribution in [3.8, 4) is 0 Å². The Labute approximate surface area is 113 Å². The fourth-order valence-corrected chi connectivity index (χ4v) is 3.76. The molecule has 2 fully saturated rings. The summed E-state index contributed by atoms with van der Waals surface area (Å²) in [5.74, 6) is 1.65. The highest BCUT2D eigenvalue weighted by atomic mass is 16.6. The molecule has 2 bridgehead atoms. The van der Waals surface area contributed by atoms with Gasteiger partial charge in [-0.2, -0.15) is 0 Å². The molecule has 102 valence electrons. The van der Waals surface area contributed by atoms with Crippen molar-refractivity contribution in [2.45, 2.75) is 45.1 Å². The van der Waals surface area contributed by atoms with Crippen LogP contribution in [0.5, 0.6) is 0 Å². The Kier molecular flexibility index (Phi) is 3.17. The number of nitro benzene ring substituents is 1. The van der Waals surface area contributed by atoms with Gasteiger partial charge in [0.1, 0.15) is 0 Å². The van der Waals surface area contributed by atoms with Crippen molar-refractivity contribution in [3.05, 3.63) is 33.9 Å². The van der Waals surface area contributed by atoms with Crippen LogP contribution in [0.2, 0.25) is 0 Å². The van der Waals surface area contributed by atoms with Crippen LogP contribution in [-0.4, -0.2) is 11.0 Å². The van der Waals surface area contributed by atoms with E-state index in [2.05, 4.69) is 5.32 Å². The van der Waals surface area contributed by atoms with Crippen molar-refractivity contribution in [3.63, 3.8) is 0 Å². The summed E-state index contributed by atoms with van der Waals surface area (Å²) in [7, 11) is 0. The largest absolute Gasteiger partial charge is 0.382 e. The fourth-order valence-electron chi connectivity index (χ4n) is 3.76. The smallest absolute Gasteiger partial charge is 0.274 e. The van der Waals surface area contributed by atoms with Crippen LogP contribution in [0.4, 0.5) is 11.4 Å². The zero-order valence-electron chi connectivity index (χ0n) is 11.3. The van der Waals surface area contributed by atoms with Crippen molar-refractivity contribution in [2.24, 2.45) is 11.8 Å². The minimum atomic E-state index is -0.273. The molecule has 3 atom stereocenters. The minimum absolute atomic E-state index is 0.246. The summed E-state index contributed by atoms with van der Waals surface area (Å²) < 4.78 is 0. The van der Waals surface area contributed by atoms with Crippen LogP contribution in [0.1, 0.15) is 38.2 Å². The monoisotopic (exact) mass is 260 g/mol. The van der Waals surface area contributed by atoms with E-state index in [9.17, 15) is 10.1 Å². The van der Waals surface area contributed by atoms with Crippen LogP contribution in [-0.2, 0) is 6.42 Å². The van der Waals surface area contributed by atoms with Gasteiger partial charge in [-0.15, -0.1) is 0 Å². The van der Waals surface area contributed by atoms with E-state index in [1.165, 1.54) is 25.7 Å². The molecular formula is C15H20N2O2. The Morgan fingerprint density at radius 1 is 1.37 bits per heavy atom. The molecule has 0 amide bonds. The van der Waals surface area contributed by atoms with Crippen LogP contribution in [0.15, 0.2) is 18.2 Å². The molecule has 1 N–H and O–H groups in total. The van der Waals surface area contributed by atoms with Gasteiger partial charge in [-0.05, 0) is 43.6 Å². The number of anilines is 1. The molecule has 1 aromatic rings. The van der Waals surface area contributed by atoms with E-state index in [1.54, 1.807) is 6.07 Å². The molecule has 4 nitrogen and oxygen atoms in total. The maximum Gasteiger partial charge on any atom is 0.274 e. The molecule has 0 heterocycles. The first kappa shape index (κ1) is 12.5. The number of nitrogens with zero attached hydrogens (tertiary/aromatic N) is 1. The van der Waals surface area contributed by atoms with E-state index < -0.39 is 0 Å². The van der Waals surface area contributed by atoms with Crippen molar-refractivity contribution in [1.82, 2.24) is 0 Å². The molecule has 2 aliphatic carbocycles. The molecular weight excluding hydrogens is 240 g/mol. The van der Waals surface area contributed by atoms with E-state index in [-0.39, 0.29) is 10.6 Å². The van der Waals surface area contributed by atoms with E-state index in [0.717, 1.165) is 23.1 Å². The second-order valence-electron chi connectivity index (χ2n) is 5.88. The number of hydrogen-bond acceptors (Lipinski definition) is 3. The van der Waals surface area contributed by atoms with Crippen LogP contribution < -0.4 is 5.32 Å². The molecule has 0 saturated heterocycles. The van der Waals surface area contributed by atoms with Gasteiger partial charge in [0.05, 0.1) is 4.92 Å². The predicted octanol–water partition coefficient (Wildman–Crippen LogP) is 3.76. The van der Waals surface area contributed by atoms with Crippen molar-refractivity contribution in [1.29, 1.82) is 0 Å². The predicted molar refractivity (Wildman–Crippen MR) is 75.3 cm³/mol. The first-order chi connectivity index (χ1) is 9.17. The number of rotatable bonds is 4. The Balaban J connectivity index is 1.78. The van der Waals surface area contributed by atoms with Crippen molar-refractivity contribution >= 4 is 11.4 Å². The van der Waals surface area contributed by atoms with Gasteiger partial charge in [-0.3, -0.25) is 10.1 Å². The van der Waals surface area contributed by atoms with Crippen LogP contribution in [0.25, 0.3) is 0 Å². The SMILES string of the molecule is CCc1ccc(NC2CC3CCC2C3)cc1[N+](=O)[O-]. The molecule has 19 heavy (non-hydrogen) atoms. The first-order valence-electron chi connectivity index (χ1n) is 7.21. The maximum absolute atomic E-state index is 11.1. The summed E-state index contributed by atoms with van der Waals surface area (Å²) in [6, 6.07) is 6.09. The highest BCUT2D eigenvalue weighted by Crippen LogP contribution is 2.45. The van der Waals surface area contributed by atoms with Crippen molar-refractivity contribution < 1.29 is 4.92 Å². The summed E-state index contributed by atoms with van der Waals surface area (Å²) in [4.78, 5) is 10.8. The van der Waals surface area contributed by atoms with Gasteiger partial charge in [-0.1, -0.05) is 19.4 Å². The fraction of sp³-hybridized carbons (Fsp3) is 0.600. The lowest BCUT2D eigenvalue weighted by atomic mass is 9.95. The van der Waals surface area contributed by atoms with Gasteiger partial charge >= 0.3 is 0 Å². The molecule has 0 aliphatic heterocycles. The second kappa shape index (κ2) is 4.83. The third-order valence-electron chi connectivity index (χ3n) is 4.75. The highest BCUT2D eigenvalue weighted by molar-refractivity contribution is 5.56. The Morgan fingerprint density at radius 2 is 2.21 bits per heavy atom. The lowest BCUT2D eigenvalue weighted by Gasteiger charge is -2.24.